The van der Waals surface area contributed by atoms with Crippen LogP contribution in [-0.2, 0) is 0 Å². The van der Waals surface area contributed by atoms with Crippen molar-refractivity contribution < 1.29 is 18.4 Å². The Morgan fingerprint density at radius 1 is 1.14 bits per heavy atom. The number of likely N-dealkylation sites (tertiary alicyclic amines) is 1. The fourth-order valence-electron chi connectivity index (χ4n) is 3.54. The van der Waals surface area contributed by atoms with Gasteiger partial charge in [0.1, 0.15) is 17.2 Å². The van der Waals surface area contributed by atoms with Crippen molar-refractivity contribution in [3.8, 4) is 0 Å². The second-order valence-corrected chi connectivity index (χ2v) is 6.77. The summed E-state index contributed by atoms with van der Waals surface area (Å²) in [4.78, 5) is 25.5. The first-order valence-electron chi connectivity index (χ1n) is 8.83. The number of primary amides is 1. The van der Waals surface area contributed by atoms with Gasteiger partial charge in [0.2, 0.25) is 5.91 Å². The topological polar surface area (TPSA) is 94.1 Å². The van der Waals surface area contributed by atoms with Gasteiger partial charge in [-0.3, -0.25) is 9.59 Å². The van der Waals surface area contributed by atoms with Gasteiger partial charge >= 0.3 is 0 Å². The molecule has 1 aromatic heterocycles. The van der Waals surface area contributed by atoms with Gasteiger partial charge in [-0.2, -0.15) is 0 Å². The fraction of sp³-hybridized carbons (Fsp3) is 0.263. The van der Waals surface area contributed by atoms with Gasteiger partial charge in [-0.25, -0.2) is 13.5 Å². The van der Waals surface area contributed by atoms with E-state index in [1.54, 1.807) is 15.6 Å². The molecule has 0 aliphatic carbocycles. The van der Waals surface area contributed by atoms with Crippen LogP contribution in [0.5, 0.6) is 0 Å². The van der Waals surface area contributed by atoms with Crippen LogP contribution in [0.25, 0.3) is 11.0 Å². The van der Waals surface area contributed by atoms with Crippen molar-refractivity contribution in [2.45, 2.75) is 18.9 Å². The highest BCUT2D eigenvalue weighted by Crippen LogP contribution is 2.26. The molecule has 1 atom stereocenters. The van der Waals surface area contributed by atoms with Crippen molar-refractivity contribution in [1.29, 1.82) is 0 Å². The molecule has 0 bridgehead atoms. The minimum atomic E-state index is -0.787. The summed E-state index contributed by atoms with van der Waals surface area (Å²) in [6.07, 6.45) is 1.47. The van der Waals surface area contributed by atoms with E-state index in [0.29, 0.717) is 30.5 Å². The van der Waals surface area contributed by atoms with Gasteiger partial charge in [0.25, 0.3) is 5.91 Å². The number of halogens is 2. The van der Waals surface area contributed by atoms with Gasteiger partial charge < -0.3 is 10.6 Å². The molecule has 1 aliphatic rings. The van der Waals surface area contributed by atoms with Gasteiger partial charge in [0, 0.05) is 24.7 Å². The molecule has 3 aromatic rings. The lowest BCUT2D eigenvalue weighted by Gasteiger charge is -2.33. The molecule has 0 radical (unpaired) electrons. The molecule has 28 heavy (non-hydrogen) atoms. The van der Waals surface area contributed by atoms with E-state index < -0.39 is 23.4 Å². The number of rotatable bonds is 3. The maximum Gasteiger partial charge on any atom is 0.256 e. The summed E-state index contributed by atoms with van der Waals surface area (Å²) in [5, 5.41) is 8.10. The zero-order chi connectivity index (χ0) is 19.8. The zero-order valence-electron chi connectivity index (χ0n) is 14.8. The lowest BCUT2D eigenvalue weighted by Crippen LogP contribution is -2.41. The SMILES string of the molecule is NC(=O)c1ccc(C(=O)N2CCCC(n3nnc4cc(F)ccc43)C2)c(F)c1. The number of hydrogen-bond donors (Lipinski definition) is 1. The van der Waals surface area contributed by atoms with Crippen LogP contribution in [0.1, 0.15) is 39.6 Å². The van der Waals surface area contributed by atoms with Crippen LogP contribution in [0, 0.1) is 11.6 Å². The summed E-state index contributed by atoms with van der Waals surface area (Å²) in [6.45, 7) is 0.805. The molecule has 2 N–H and O–H groups in total. The van der Waals surface area contributed by atoms with E-state index in [1.807, 2.05) is 0 Å². The van der Waals surface area contributed by atoms with E-state index in [2.05, 4.69) is 10.3 Å². The number of hydrogen-bond acceptors (Lipinski definition) is 4. The van der Waals surface area contributed by atoms with Crippen molar-refractivity contribution in [2.75, 3.05) is 13.1 Å². The van der Waals surface area contributed by atoms with Crippen molar-refractivity contribution in [2.24, 2.45) is 5.73 Å². The Hall–Kier alpha value is -3.36. The molecule has 1 saturated heterocycles. The van der Waals surface area contributed by atoms with Crippen LogP contribution >= 0.6 is 0 Å². The van der Waals surface area contributed by atoms with Crippen LogP contribution in [0.2, 0.25) is 0 Å². The first-order chi connectivity index (χ1) is 13.4. The monoisotopic (exact) mass is 385 g/mol. The summed E-state index contributed by atoms with van der Waals surface area (Å²) in [5.41, 5.74) is 6.15. The van der Waals surface area contributed by atoms with E-state index in [1.165, 1.54) is 24.3 Å². The second kappa shape index (κ2) is 6.99. The number of nitrogens with zero attached hydrogens (tertiary/aromatic N) is 4. The molecule has 1 unspecified atom stereocenters. The Bertz CT molecular complexity index is 1080. The summed E-state index contributed by atoms with van der Waals surface area (Å²) < 4.78 is 29.4. The predicted octanol–water partition coefficient (Wildman–Crippen LogP) is 2.29. The van der Waals surface area contributed by atoms with Crippen LogP contribution < -0.4 is 5.73 Å². The molecule has 1 fully saturated rings. The minimum Gasteiger partial charge on any atom is -0.366 e. The molecule has 0 saturated carbocycles. The zero-order valence-corrected chi connectivity index (χ0v) is 14.8. The van der Waals surface area contributed by atoms with Gasteiger partial charge in [-0.15, -0.1) is 5.10 Å². The number of aromatic nitrogens is 3. The lowest BCUT2D eigenvalue weighted by atomic mass is 10.0. The smallest absolute Gasteiger partial charge is 0.256 e. The first kappa shape index (κ1) is 18.0. The normalized spacial score (nSPS) is 17.1. The highest BCUT2D eigenvalue weighted by atomic mass is 19.1. The van der Waals surface area contributed by atoms with E-state index >= 15 is 0 Å². The molecule has 2 amide bonds. The predicted molar refractivity (Wildman–Crippen MR) is 96.6 cm³/mol. The van der Waals surface area contributed by atoms with Gasteiger partial charge in [-0.05, 0) is 43.2 Å². The summed E-state index contributed by atoms with van der Waals surface area (Å²) >= 11 is 0. The summed E-state index contributed by atoms with van der Waals surface area (Å²) in [5.74, 6) is -2.40. The Labute approximate surface area is 158 Å². The lowest BCUT2D eigenvalue weighted by molar-refractivity contribution is 0.0669. The number of fused-ring (bicyclic) bond motifs is 1. The van der Waals surface area contributed by atoms with Crippen molar-refractivity contribution >= 4 is 22.8 Å². The third kappa shape index (κ3) is 3.19. The molecule has 1 aliphatic heterocycles. The summed E-state index contributed by atoms with van der Waals surface area (Å²) in [6, 6.07) is 7.67. The molecule has 2 aromatic carbocycles. The van der Waals surface area contributed by atoms with Gasteiger partial charge in [-0.1, -0.05) is 5.21 Å². The molecule has 0 spiro atoms. The van der Waals surface area contributed by atoms with Crippen LogP contribution in [-0.4, -0.2) is 44.8 Å². The number of nitrogens with two attached hydrogens (primary N) is 1. The Balaban J connectivity index is 1.58. The number of amides is 2. The molecule has 2 heterocycles. The van der Waals surface area contributed by atoms with Gasteiger partial charge in [0.05, 0.1) is 17.1 Å². The summed E-state index contributed by atoms with van der Waals surface area (Å²) in [7, 11) is 0. The third-order valence-electron chi connectivity index (χ3n) is 4.95. The standard InChI is InChI=1S/C19H17F2N5O2/c20-12-4-6-17-16(9-12)23-24-26(17)13-2-1-7-25(10-13)19(28)14-5-3-11(18(22)27)8-15(14)21/h3-6,8-9,13H,1-2,7,10H2,(H2,22,27). The largest absolute Gasteiger partial charge is 0.366 e. The Morgan fingerprint density at radius 2 is 1.96 bits per heavy atom. The maximum atomic E-state index is 14.3. The van der Waals surface area contributed by atoms with Crippen molar-refractivity contribution in [1.82, 2.24) is 19.9 Å². The van der Waals surface area contributed by atoms with Crippen LogP contribution in [0.3, 0.4) is 0 Å². The third-order valence-corrected chi connectivity index (χ3v) is 4.95. The molecular weight excluding hydrogens is 368 g/mol. The second-order valence-electron chi connectivity index (χ2n) is 6.77. The van der Waals surface area contributed by atoms with Crippen molar-refractivity contribution in [3.05, 3.63) is 59.2 Å². The van der Waals surface area contributed by atoms with E-state index in [4.69, 9.17) is 5.73 Å². The number of benzene rings is 2. The molecule has 7 nitrogen and oxygen atoms in total. The first-order valence-corrected chi connectivity index (χ1v) is 8.83. The minimum absolute atomic E-state index is 0.00638. The Kier molecular flexibility index (Phi) is 4.50. The number of carbonyl (C=O) groups is 2. The fourth-order valence-corrected chi connectivity index (χ4v) is 3.54. The average molecular weight is 385 g/mol. The van der Waals surface area contributed by atoms with Crippen LogP contribution in [0.15, 0.2) is 36.4 Å². The van der Waals surface area contributed by atoms with E-state index in [-0.39, 0.29) is 17.2 Å². The molecule has 9 heteroatoms. The molecule has 144 valence electrons. The van der Waals surface area contributed by atoms with Crippen molar-refractivity contribution in [3.63, 3.8) is 0 Å². The number of piperidine rings is 1. The maximum absolute atomic E-state index is 14.3. The van der Waals surface area contributed by atoms with E-state index in [9.17, 15) is 18.4 Å². The highest BCUT2D eigenvalue weighted by molar-refractivity contribution is 5.97. The number of carbonyl (C=O) groups excluding carboxylic acids is 2. The molecule has 4 rings (SSSR count). The van der Waals surface area contributed by atoms with Crippen LogP contribution in [0.4, 0.5) is 8.78 Å². The molecular formula is C19H17F2N5O2. The average Bonchev–Trinajstić information content (AvgIpc) is 3.10. The Morgan fingerprint density at radius 3 is 2.71 bits per heavy atom. The quantitative estimate of drug-likeness (QED) is 0.748. The van der Waals surface area contributed by atoms with Gasteiger partial charge in [0.15, 0.2) is 0 Å². The van der Waals surface area contributed by atoms with E-state index in [0.717, 1.165) is 12.5 Å². The highest BCUT2D eigenvalue weighted by Gasteiger charge is 2.28.